The Balaban J connectivity index is 1.83. The summed E-state index contributed by atoms with van der Waals surface area (Å²) in [6, 6.07) is 11.5. The minimum atomic E-state index is 0.0857. The molecule has 3 rings (SSSR count). The Morgan fingerprint density at radius 3 is 2.89 bits per heavy atom. The average Bonchev–Trinajstić information content (AvgIpc) is 2.43. The van der Waals surface area contributed by atoms with Crippen molar-refractivity contribution in [2.75, 3.05) is 6.54 Å². The fourth-order valence-electron chi connectivity index (χ4n) is 2.24. The van der Waals surface area contributed by atoms with Gasteiger partial charge in [0, 0.05) is 18.3 Å². The van der Waals surface area contributed by atoms with E-state index in [1.54, 1.807) is 6.20 Å². The molecule has 1 aliphatic rings. The summed E-state index contributed by atoms with van der Waals surface area (Å²) in [4.78, 5) is 14.1. The molecule has 0 atom stereocenters. The first-order valence-corrected chi connectivity index (χ1v) is 5.98. The lowest BCUT2D eigenvalue weighted by molar-refractivity contribution is 0.0724. The highest BCUT2D eigenvalue weighted by atomic mass is 16.2. The summed E-state index contributed by atoms with van der Waals surface area (Å²) in [7, 11) is 0. The third kappa shape index (κ3) is 1.97. The van der Waals surface area contributed by atoms with Gasteiger partial charge in [0.15, 0.2) is 0 Å². The van der Waals surface area contributed by atoms with Gasteiger partial charge in [-0.2, -0.15) is 10.2 Å². The van der Waals surface area contributed by atoms with Crippen LogP contribution in [0, 0.1) is 0 Å². The van der Waals surface area contributed by atoms with Crippen molar-refractivity contribution < 1.29 is 4.79 Å². The van der Waals surface area contributed by atoms with Crippen molar-refractivity contribution in [2.45, 2.75) is 13.0 Å². The van der Waals surface area contributed by atoms with Crippen LogP contribution in [0.2, 0.25) is 0 Å². The molecular formula is C14H13N3O. The third-order valence-corrected chi connectivity index (χ3v) is 3.17. The lowest BCUT2D eigenvalue weighted by Gasteiger charge is -2.28. The Morgan fingerprint density at radius 2 is 2.06 bits per heavy atom. The largest absolute Gasteiger partial charge is 0.332 e. The van der Waals surface area contributed by atoms with Gasteiger partial charge in [0.2, 0.25) is 0 Å². The van der Waals surface area contributed by atoms with Gasteiger partial charge in [-0.05, 0) is 30.2 Å². The standard InChI is InChI=1S/C14H13N3O/c18-14-13-6-2-1-4-11(13)7-9-17(14)10-12-5-3-8-15-16-12/h1-6,8H,7,9-10H2. The summed E-state index contributed by atoms with van der Waals surface area (Å²) in [5.74, 6) is 0.0857. The van der Waals surface area contributed by atoms with Gasteiger partial charge in [0.05, 0.1) is 12.2 Å². The number of nitrogens with zero attached hydrogens (tertiary/aromatic N) is 3. The Labute approximate surface area is 105 Å². The molecule has 1 amide bonds. The SMILES string of the molecule is O=C1c2ccccc2CCN1Cc1cccnn1. The van der Waals surface area contributed by atoms with E-state index in [0.29, 0.717) is 6.54 Å². The Hall–Kier alpha value is -2.23. The van der Waals surface area contributed by atoms with Crippen LogP contribution in [0.5, 0.6) is 0 Å². The number of aromatic nitrogens is 2. The predicted molar refractivity (Wildman–Crippen MR) is 66.9 cm³/mol. The first kappa shape index (κ1) is 10.9. The summed E-state index contributed by atoms with van der Waals surface area (Å²) < 4.78 is 0. The van der Waals surface area contributed by atoms with Gasteiger partial charge in [-0.3, -0.25) is 4.79 Å². The van der Waals surface area contributed by atoms with E-state index < -0.39 is 0 Å². The molecule has 1 aromatic heterocycles. The molecule has 2 aromatic rings. The maximum atomic E-state index is 12.3. The van der Waals surface area contributed by atoms with Crippen molar-refractivity contribution >= 4 is 5.91 Å². The molecule has 0 radical (unpaired) electrons. The van der Waals surface area contributed by atoms with Crippen LogP contribution >= 0.6 is 0 Å². The third-order valence-electron chi connectivity index (χ3n) is 3.17. The number of hydrogen-bond donors (Lipinski definition) is 0. The topological polar surface area (TPSA) is 46.1 Å². The van der Waals surface area contributed by atoms with Crippen LogP contribution in [0.4, 0.5) is 0 Å². The predicted octanol–water partition coefficient (Wildman–Crippen LogP) is 1.68. The zero-order valence-electron chi connectivity index (χ0n) is 9.91. The molecule has 90 valence electrons. The van der Waals surface area contributed by atoms with E-state index in [2.05, 4.69) is 10.2 Å². The van der Waals surface area contributed by atoms with Crippen molar-refractivity contribution in [3.63, 3.8) is 0 Å². The van der Waals surface area contributed by atoms with Crippen LogP contribution < -0.4 is 0 Å². The monoisotopic (exact) mass is 239 g/mol. The fourth-order valence-corrected chi connectivity index (χ4v) is 2.24. The molecule has 0 bridgehead atoms. The van der Waals surface area contributed by atoms with Crippen LogP contribution in [0.3, 0.4) is 0 Å². The second kappa shape index (κ2) is 4.56. The van der Waals surface area contributed by atoms with Gasteiger partial charge >= 0.3 is 0 Å². The van der Waals surface area contributed by atoms with Crippen molar-refractivity contribution in [2.24, 2.45) is 0 Å². The fraction of sp³-hybridized carbons (Fsp3) is 0.214. The maximum Gasteiger partial charge on any atom is 0.254 e. The summed E-state index contributed by atoms with van der Waals surface area (Å²) >= 11 is 0. The number of fused-ring (bicyclic) bond motifs is 1. The van der Waals surface area contributed by atoms with Crippen molar-refractivity contribution in [3.05, 3.63) is 59.4 Å². The van der Waals surface area contributed by atoms with Gasteiger partial charge in [0.1, 0.15) is 0 Å². The van der Waals surface area contributed by atoms with E-state index in [-0.39, 0.29) is 5.91 Å². The van der Waals surface area contributed by atoms with Gasteiger partial charge in [-0.1, -0.05) is 18.2 Å². The van der Waals surface area contributed by atoms with E-state index in [4.69, 9.17) is 0 Å². The Morgan fingerprint density at radius 1 is 1.17 bits per heavy atom. The maximum absolute atomic E-state index is 12.3. The first-order valence-electron chi connectivity index (χ1n) is 5.98. The van der Waals surface area contributed by atoms with Crippen LogP contribution in [-0.4, -0.2) is 27.5 Å². The highest BCUT2D eigenvalue weighted by molar-refractivity contribution is 5.96. The molecule has 0 N–H and O–H groups in total. The first-order chi connectivity index (χ1) is 8.84. The summed E-state index contributed by atoms with van der Waals surface area (Å²) in [5.41, 5.74) is 2.77. The number of amides is 1. The van der Waals surface area contributed by atoms with Crippen LogP contribution in [0.1, 0.15) is 21.6 Å². The molecule has 0 aliphatic carbocycles. The normalized spacial score (nSPS) is 14.4. The molecule has 0 unspecified atom stereocenters. The second-order valence-corrected chi connectivity index (χ2v) is 4.35. The summed E-state index contributed by atoms with van der Waals surface area (Å²) in [6.45, 7) is 1.27. The number of hydrogen-bond acceptors (Lipinski definition) is 3. The molecule has 4 heteroatoms. The molecule has 1 aliphatic heterocycles. The minimum Gasteiger partial charge on any atom is -0.332 e. The van der Waals surface area contributed by atoms with E-state index in [1.165, 1.54) is 0 Å². The number of carbonyl (C=O) groups is 1. The molecule has 18 heavy (non-hydrogen) atoms. The van der Waals surface area contributed by atoms with Gasteiger partial charge in [-0.15, -0.1) is 0 Å². The smallest absolute Gasteiger partial charge is 0.254 e. The van der Waals surface area contributed by atoms with Crippen molar-refractivity contribution in [3.8, 4) is 0 Å². The van der Waals surface area contributed by atoms with Crippen LogP contribution in [0.15, 0.2) is 42.6 Å². The molecular weight excluding hydrogens is 226 g/mol. The minimum absolute atomic E-state index is 0.0857. The molecule has 0 saturated carbocycles. The lowest BCUT2D eigenvalue weighted by atomic mass is 9.99. The number of benzene rings is 1. The molecule has 4 nitrogen and oxygen atoms in total. The number of rotatable bonds is 2. The van der Waals surface area contributed by atoms with E-state index in [1.807, 2.05) is 41.3 Å². The highest BCUT2D eigenvalue weighted by Crippen LogP contribution is 2.19. The van der Waals surface area contributed by atoms with Gasteiger partial charge in [-0.25, -0.2) is 0 Å². The van der Waals surface area contributed by atoms with E-state index >= 15 is 0 Å². The van der Waals surface area contributed by atoms with E-state index in [9.17, 15) is 4.79 Å². The van der Waals surface area contributed by atoms with E-state index in [0.717, 1.165) is 29.8 Å². The molecule has 1 aromatic carbocycles. The zero-order valence-corrected chi connectivity index (χ0v) is 9.91. The lowest BCUT2D eigenvalue weighted by Crippen LogP contribution is -2.37. The Kier molecular flexibility index (Phi) is 2.76. The molecule has 0 spiro atoms. The van der Waals surface area contributed by atoms with Crippen LogP contribution in [0.25, 0.3) is 0 Å². The quantitative estimate of drug-likeness (QED) is 0.801. The number of carbonyl (C=O) groups excluding carboxylic acids is 1. The molecule has 0 fully saturated rings. The summed E-state index contributed by atoms with van der Waals surface area (Å²) in [6.07, 6.45) is 2.54. The van der Waals surface area contributed by atoms with Gasteiger partial charge < -0.3 is 4.90 Å². The van der Waals surface area contributed by atoms with Gasteiger partial charge in [0.25, 0.3) is 5.91 Å². The highest BCUT2D eigenvalue weighted by Gasteiger charge is 2.23. The zero-order chi connectivity index (χ0) is 12.4. The molecule has 0 saturated heterocycles. The Bertz CT molecular complexity index is 568. The van der Waals surface area contributed by atoms with Crippen molar-refractivity contribution in [1.29, 1.82) is 0 Å². The summed E-state index contributed by atoms with van der Waals surface area (Å²) in [5, 5.41) is 7.85. The second-order valence-electron chi connectivity index (χ2n) is 4.35. The van der Waals surface area contributed by atoms with Crippen molar-refractivity contribution in [1.82, 2.24) is 15.1 Å². The average molecular weight is 239 g/mol. The van der Waals surface area contributed by atoms with Crippen LogP contribution in [-0.2, 0) is 13.0 Å². The molecule has 2 heterocycles.